The molecule has 1 aliphatic heterocycles. The Morgan fingerprint density at radius 1 is 1.16 bits per heavy atom. The molecule has 2 aromatic heterocycles. The molecular formula is C19H18F2N6O3S. The summed E-state index contributed by atoms with van der Waals surface area (Å²) in [6.45, 7) is -1.74. The van der Waals surface area contributed by atoms with E-state index in [0.717, 1.165) is 30.1 Å². The Labute approximate surface area is 180 Å². The quantitative estimate of drug-likeness (QED) is 0.561. The van der Waals surface area contributed by atoms with Crippen LogP contribution in [0, 0.1) is 0 Å². The summed E-state index contributed by atoms with van der Waals surface area (Å²) in [7, 11) is 0. The lowest BCUT2D eigenvalue weighted by molar-refractivity contribution is -0.173. The van der Waals surface area contributed by atoms with Gasteiger partial charge in [0.15, 0.2) is 11.9 Å². The molecule has 1 N–H and O–H groups in total. The summed E-state index contributed by atoms with van der Waals surface area (Å²) in [5, 5.41) is 18.6. The molecule has 2 unspecified atom stereocenters. The number of nitrogens with one attached hydrogen (secondary N) is 1. The fraction of sp³-hybridized carbons (Fsp3) is 0.316. The zero-order chi connectivity index (χ0) is 21.6. The van der Waals surface area contributed by atoms with Crippen molar-refractivity contribution in [3.05, 3.63) is 54.2 Å². The van der Waals surface area contributed by atoms with E-state index in [-0.39, 0.29) is 16.4 Å². The molecule has 0 radical (unpaired) electrons. The minimum Gasteiger partial charge on any atom is -0.464 e. The van der Waals surface area contributed by atoms with E-state index in [1.165, 1.54) is 12.1 Å². The van der Waals surface area contributed by atoms with Gasteiger partial charge in [-0.25, -0.2) is 0 Å². The number of rotatable bonds is 8. The molecule has 1 saturated heterocycles. The number of alkyl halides is 2. The number of hydrogen-bond donors (Lipinski definition) is 1. The first kappa shape index (κ1) is 21.0. The van der Waals surface area contributed by atoms with Crippen LogP contribution in [0.2, 0.25) is 0 Å². The lowest BCUT2D eigenvalue weighted by Crippen LogP contribution is -2.25. The van der Waals surface area contributed by atoms with Crippen LogP contribution in [0.1, 0.15) is 18.1 Å². The minimum atomic E-state index is -3.11. The Hall–Kier alpha value is -3.25. The molecule has 0 saturated carbocycles. The molecule has 162 valence electrons. The smallest absolute Gasteiger partial charge is 0.346 e. The third-order valence-electron chi connectivity index (χ3n) is 4.51. The van der Waals surface area contributed by atoms with E-state index in [1.54, 1.807) is 24.4 Å². The van der Waals surface area contributed by atoms with Crippen molar-refractivity contribution in [1.82, 2.24) is 20.4 Å². The molecule has 0 spiro atoms. The lowest BCUT2D eigenvalue weighted by atomic mass is 10.1. The molecule has 12 heteroatoms. The molecule has 1 amide bonds. The van der Waals surface area contributed by atoms with Crippen molar-refractivity contribution in [2.75, 3.05) is 23.3 Å². The molecule has 3 aromatic rings. The molecule has 2 atom stereocenters. The van der Waals surface area contributed by atoms with Crippen LogP contribution in [0.4, 0.5) is 19.7 Å². The molecule has 1 aliphatic rings. The van der Waals surface area contributed by atoms with Crippen LogP contribution in [-0.4, -0.2) is 52.1 Å². The van der Waals surface area contributed by atoms with E-state index < -0.39 is 18.6 Å². The van der Waals surface area contributed by atoms with Crippen LogP contribution in [0.3, 0.4) is 0 Å². The van der Waals surface area contributed by atoms with Gasteiger partial charge in [0.2, 0.25) is 5.13 Å². The molecule has 31 heavy (non-hydrogen) atoms. The Bertz CT molecular complexity index is 995. The van der Waals surface area contributed by atoms with E-state index >= 15 is 0 Å². The molecule has 3 heterocycles. The molecule has 4 rings (SSSR count). The monoisotopic (exact) mass is 448 g/mol. The van der Waals surface area contributed by atoms with E-state index in [0.29, 0.717) is 12.1 Å². The number of benzene rings is 1. The number of aromatic nitrogens is 4. The van der Waals surface area contributed by atoms with Crippen LogP contribution < -0.4 is 15.0 Å². The number of hydrogen-bond acceptors (Lipinski definition) is 9. The van der Waals surface area contributed by atoms with Crippen LogP contribution in [-0.2, 0) is 9.53 Å². The Morgan fingerprint density at radius 2 is 2.00 bits per heavy atom. The zero-order valence-corrected chi connectivity index (χ0v) is 16.9. The first-order chi connectivity index (χ1) is 15.1. The van der Waals surface area contributed by atoms with Gasteiger partial charge in [0.25, 0.3) is 11.1 Å². The van der Waals surface area contributed by atoms with Crippen molar-refractivity contribution in [2.24, 2.45) is 0 Å². The standard InChI is InChI=1S/C19H18F2N6O3S/c20-17(21)30-15(12-5-2-1-3-6-12)16(28)23-18-25-26-19(31-18)29-13-8-10-27(11-13)14-7-4-9-22-24-14/h1-7,9,13,15,17H,8,10-11H2,(H,23,25,28). The van der Waals surface area contributed by atoms with E-state index in [9.17, 15) is 13.6 Å². The molecular weight excluding hydrogens is 430 g/mol. The zero-order valence-electron chi connectivity index (χ0n) is 16.1. The average Bonchev–Trinajstić information content (AvgIpc) is 3.43. The van der Waals surface area contributed by atoms with Crippen LogP contribution >= 0.6 is 11.3 Å². The van der Waals surface area contributed by atoms with Crippen molar-refractivity contribution >= 4 is 28.2 Å². The number of ether oxygens (including phenoxy) is 2. The fourth-order valence-corrected chi connectivity index (χ4v) is 3.80. The summed E-state index contributed by atoms with van der Waals surface area (Å²) >= 11 is 1.01. The molecule has 1 fully saturated rings. The highest BCUT2D eigenvalue weighted by Crippen LogP contribution is 2.28. The lowest BCUT2D eigenvalue weighted by Gasteiger charge is -2.16. The second kappa shape index (κ2) is 9.71. The maximum atomic E-state index is 12.8. The van der Waals surface area contributed by atoms with Gasteiger partial charge < -0.3 is 14.4 Å². The van der Waals surface area contributed by atoms with E-state index in [2.05, 4.69) is 30.4 Å². The summed E-state index contributed by atoms with van der Waals surface area (Å²) in [4.78, 5) is 14.6. The first-order valence-electron chi connectivity index (χ1n) is 9.40. The van der Waals surface area contributed by atoms with Crippen molar-refractivity contribution in [3.63, 3.8) is 0 Å². The van der Waals surface area contributed by atoms with Crippen LogP contribution in [0.15, 0.2) is 48.7 Å². The highest BCUT2D eigenvalue weighted by atomic mass is 32.1. The number of halogens is 2. The second-order valence-electron chi connectivity index (χ2n) is 6.61. The van der Waals surface area contributed by atoms with Gasteiger partial charge in [0.1, 0.15) is 6.10 Å². The van der Waals surface area contributed by atoms with Gasteiger partial charge in [-0.2, -0.15) is 13.9 Å². The average molecular weight is 448 g/mol. The van der Waals surface area contributed by atoms with Gasteiger partial charge in [-0.15, -0.1) is 10.2 Å². The predicted molar refractivity (Wildman–Crippen MR) is 108 cm³/mol. The summed E-state index contributed by atoms with van der Waals surface area (Å²) < 4.78 is 35.9. The number of anilines is 2. The Balaban J connectivity index is 1.35. The van der Waals surface area contributed by atoms with Gasteiger partial charge in [-0.1, -0.05) is 35.4 Å². The van der Waals surface area contributed by atoms with E-state index in [4.69, 9.17) is 4.74 Å². The normalized spacial score (nSPS) is 17.0. The molecule has 1 aromatic carbocycles. The van der Waals surface area contributed by atoms with Crippen molar-refractivity contribution < 1.29 is 23.0 Å². The molecule has 9 nitrogen and oxygen atoms in total. The second-order valence-corrected chi connectivity index (χ2v) is 7.55. The number of nitrogens with zero attached hydrogens (tertiary/aromatic N) is 5. The van der Waals surface area contributed by atoms with E-state index in [1.807, 2.05) is 17.0 Å². The highest BCUT2D eigenvalue weighted by Gasteiger charge is 2.28. The van der Waals surface area contributed by atoms with Gasteiger partial charge >= 0.3 is 6.61 Å². The van der Waals surface area contributed by atoms with Gasteiger partial charge in [0, 0.05) is 19.2 Å². The largest absolute Gasteiger partial charge is 0.464 e. The van der Waals surface area contributed by atoms with Gasteiger partial charge in [0.05, 0.1) is 6.54 Å². The van der Waals surface area contributed by atoms with Crippen LogP contribution in [0.25, 0.3) is 0 Å². The molecule has 0 bridgehead atoms. The summed E-state index contributed by atoms with van der Waals surface area (Å²) in [5.74, 6) is -0.00584. The summed E-state index contributed by atoms with van der Waals surface area (Å²) in [6, 6.07) is 11.7. The highest BCUT2D eigenvalue weighted by molar-refractivity contribution is 7.17. The van der Waals surface area contributed by atoms with Crippen LogP contribution in [0.5, 0.6) is 5.19 Å². The SMILES string of the molecule is O=C(Nc1nnc(OC2CCN(c3cccnn3)C2)s1)C(OC(F)F)c1ccccc1. The Kier molecular flexibility index (Phi) is 6.57. The topological polar surface area (TPSA) is 102 Å². The summed E-state index contributed by atoms with van der Waals surface area (Å²) in [5.41, 5.74) is 0.302. The van der Waals surface area contributed by atoms with Crippen molar-refractivity contribution in [1.29, 1.82) is 0 Å². The number of carbonyl (C=O) groups excluding carboxylic acids is 1. The number of carbonyl (C=O) groups is 1. The minimum absolute atomic E-state index is 0.127. The predicted octanol–water partition coefficient (Wildman–Crippen LogP) is 2.90. The summed E-state index contributed by atoms with van der Waals surface area (Å²) in [6.07, 6.45) is 0.762. The van der Waals surface area contributed by atoms with Gasteiger partial charge in [-0.05, 0) is 29.0 Å². The first-order valence-corrected chi connectivity index (χ1v) is 10.2. The van der Waals surface area contributed by atoms with Crippen molar-refractivity contribution in [3.8, 4) is 5.19 Å². The molecule has 0 aliphatic carbocycles. The third kappa shape index (κ3) is 5.47. The third-order valence-corrected chi connectivity index (χ3v) is 5.24. The maximum absolute atomic E-state index is 12.8. The number of amides is 1. The maximum Gasteiger partial charge on any atom is 0.346 e. The fourth-order valence-electron chi connectivity index (χ4n) is 3.14. The van der Waals surface area contributed by atoms with Gasteiger partial charge in [-0.3, -0.25) is 10.1 Å². The Morgan fingerprint density at radius 3 is 2.74 bits per heavy atom. The van der Waals surface area contributed by atoms with Crippen molar-refractivity contribution in [2.45, 2.75) is 25.2 Å².